The molecule has 0 spiro atoms. The summed E-state index contributed by atoms with van der Waals surface area (Å²) in [6.07, 6.45) is 2.00. The van der Waals surface area contributed by atoms with Gasteiger partial charge < -0.3 is 0 Å². The highest BCUT2D eigenvalue weighted by Crippen LogP contribution is 2.43. The fourth-order valence-electron chi connectivity index (χ4n) is 0.997. The highest BCUT2D eigenvalue weighted by molar-refractivity contribution is 5.25. The Balaban J connectivity index is 2.69. The lowest BCUT2D eigenvalue weighted by Gasteiger charge is -1.64. The van der Waals surface area contributed by atoms with E-state index in [1.807, 2.05) is 13.0 Å². The summed E-state index contributed by atoms with van der Waals surface area (Å²) in [5.41, 5.74) is 4.70. The zero-order chi connectivity index (χ0) is 6.15. The summed E-state index contributed by atoms with van der Waals surface area (Å²) in [7, 11) is 0. The number of hydrogen-bond donors (Lipinski definition) is 0. The van der Waals surface area contributed by atoms with Gasteiger partial charge in [-0.05, 0) is 30.4 Å². The standard InChI is InChI=1S/C8H12/c1-4-5-8-6(2)7(8)3/h4,6-7H,1-3H3. The van der Waals surface area contributed by atoms with Gasteiger partial charge in [0.1, 0.15) is 0 Å². The highest BCUT2D eigenvalue weighted by atomic mass is 14.4. The summed E-state index contributed by atoms with van der Waals surface area (Å²) in [4.78, 5) is 0. The van der Waals surface area contributed by atoms with Crippen LogP contribution in [0.15, 0.2) is 17.4 Å². The van der Waals surface area contributed by atoms with Gasteiger partial charge in [0.15, 0.2) is 0 Å². The molecule has 44 valence electrons. The van der Waals surface area contributed by atoms with Crippen molar-refractivity contribution in [3.05, 3.63) is 17.4 Å². The molecule has 0 nitrogen and oxygen atoms in total. The van der Waals surface area contributed by atoms with E-state index < -0.39 is 0 Å². The lowest BCUT2D eigenvalue weighted by atomic mass is 10.4. The molecule has 0 heteroatoms. The van der Waals surface area contributed by atoms with Crippen molar-refractivity contribution in [2.24, 2.45) is 11.8 Å². The summed E-state index contributed by atoms with van der Waals surface area (Å²) in [6, 6.07) is 0. The normalized spacial score (nSPS) is 34.1. The average Bonchev–Trinajstić information content (AvgIpc) is 2.25. The van der Waals surface area contributed by atoms with E-state index in [2.05, 4.69) is 19.6 Å². The van der Waals surface area contributed by atoms with E-state index in [1.165, 1.54) is 5.57 Å². The number of allylic oxidation sites excluding steroid dienone is 1. The maximum atomic E-state index is 3.21. The van der Waals surface area contributed by atoms with Crippen LogP contribution in [0.3, 0.4) is 0 Å². The van der Waals surface area contributed by atoms with Gasteiger partial charge in [-0.2, -0.15) is 0 Å². The molecule has 0 heterocycles. The van der Waals surface area contributed by atoms with Crippen molar-refractivity contribution in [2.75, 3.05) is 0 Å². The first-order chi connectivity index (χ1) is 3.77. The third kappa shape index (κ3) is 0.719. The second-order valence-corrected chi connectivity index (χ2v) is 2.47. The first-order valence-corrected chi connectivity index (χ1v) is 3.18. The van der Waals surface area contributed by atoms with Crippen molar-refractivity contribution in [1.29, 1.82) is 0 Å². The lowest BCUT2D eigenvalue weighted by Crippen LogP contribution is -1.58. The van der Waals surface area contributed by atoms with E-state index in [0.29, 0.717) is 0 Å². The zero-order valence-electron chi connectivity index (χ0n) is 5.73. The van der Waals surface area contributed by atoms with Gasteiger partial charge >= 0.3 is 0 Å². The molecule has 2 unspecified atom stereocenters. The van der Waals surface area contributed by atoms with Crippen molar-refractivity contribution in [1.82, 2.24) is 0 Å². The van der Waals surface area contributed by atoms with E-state index in [1.54, 1.807) is 0 Å². The molecule has 0 N–H and O–H groups in total. The van der Waals surface area contributed by atoms with Gasteiger partial charge in [-0.15, -0.1) is 5.73 Å². The first-order valence-electron chi connectivity index (χ1n) is 3.18. The van der Waals surface area contributed by atoms with E-state index in [9.17, 15) is 0 Å². The third-order valence-electron chi connectivity index (χ3n) is 1.93. The van der Waals surface area contributed by atoms with E-state index in [-0.39, 0.29) is 0 Å². The van der Waals surface area contributed by atoms with Crippen molar-refractivity contribution in [3.8, 4) is 0 Å². The Morgan fingerprint density at radius 2 is 1.88 bits per heavy atom. The van der Waals surface area contributed by atoms with Crippen LogP contribution in [0.5, 0.6) is 0 Å². The van der Waals surface area contributed by atoms with Crippen LogP contribution in [0, 0.1) is 11.8 Å². The molecule has 0 amide bonds. The molecule has 0 radical (unpaired) electrons. The molecule has 0 aromatic heterocycles. The molecule has 0 aromatic rings. The van der Waals surface area contributed by atoms with Crippen molar-refractivity contribution < 1.29 is 0 Å². The Kier molecular flexibility index (Phi) is 1.27. The van der Waals surface area contributed by atoms with E-state index in [4.69, 9.17) is 0 Å². The Bertz CT molecular complexity index is 137. The molecule has 1 saturated carbocycles. The van der Waals surface area contributed by atoms with Gasteiger partial charge in [0.2, 0.25) is 0 Å². The Labute approximate surface area is 50.9 Å². The minimum Gasteiger partial charge on any atom is -0.126 e. The molecule has 0 aliphatic heterocycles. The Morgan fingerprint density at radius 1 is 1.38 bits per heavy atom. The van der Waals surface area contributed by atoms with E-state index >= 15 is 0 Å². The van der Waals surface area contributed by atoms with Crippen LogP contribution in [0.2, 0.25) is 0 Å². The quantitative estimate of drug-likeness (QED) is 0.418. The topological polar surface area (TPSA) is 0 Å². The van der Waals surface area contributed by atoms with Gasteiger partial charge in [0.05, 0.1) is 0 Å². The zero-order valence-corrected chi connectivity index (χ0v) is 5.73. The van der Waals surface area contributed by atoms with E-state index in [0.717, 1.165) is 11.8 Å². The smallest absolute Gasteiger partial charge is 0.00835 e. The second kappa shape index (κ2) is 1.80. The molecule has 1 aliphatic rings. The SMILES string of the molecule is CC=C=C1C(C)C1C. The largest absolute Gasteiger partial charge is 0.126 e. The number of hydrogen-bond acceptors (Lipinski definition) is 0. The van der Waals surface area contributed by atoms with Gasteiger partial charge in [0.25, 0.3) is 0 Å². The summed E-state index contributed by atoms with van der Waals surface area (Å²) in [6.45, 7) is 6.51. The highest BCUT2D eigenvalue weighted by Gasteiger charge is 2.35. The van der Waals surface area contributed by atoms with Gasteiger partial charge in [0, 0.05) is 0 Å². The Morgan fingerprint density at radius 3 is 2.00 bits per heavy atom. The lowest BCUT2D eigenvalue weighted by molar-refractivity contribution is 0.834. The maximum Gasteiger partial charge on any atom is -0.00835 e. The predicted octanol–water partition coefficient (Wildman–Crippen LogP) is 2.37. The molecular formula is C8H12. The average molecular weight is 108 g/mol. The molecule has 0 aromatic carbocycles. The summed E-state index contributed by atoms with van der Waals surface area (Å²) in [5, 5.41) is 0. The molecule has 2 atom stereocenters. The van der Waals surface area contributed by atoms with Crippen molar-refractivity contribution >= 4 is 0 Å². The second-order valence-electron chi connectivity index (χ2n) is 2.47. The van der Waals surface area contributed by atoms with Crippen LogP contribution in [-0.2, 0) is 0 Å². The molecule has 8 heavy (non-hydrogen) atoms. The molecular weight excluding hydrogens is 96.1 g/mol. The van der Waals surface area contributed by atoms with Crippen LogP contribution in [0.25, 0.3) is 0 Å². The fraction of sp³-hybridized carbons (Fsp3) is 0.625. The third-order valence-corrected chi connectivity index (χ3v) is 1.93. The van der Waals surface area contributed by atoms with Crippen molar-refractivity contribution in [2.45, 2.75) is 20.8 Å². The Hall–Kier alpha value is -0.480. The summed E-state index contributed by atoms with van der Waals surface area (Å²) >= 11 is 0. The van der Waals surface area contributed by atoms with Crippen LogP contribution < -0.4 is 0 Å². The summed E-state index contributed by atoms with van der Waals surface area (Å²) < 4.78 is 0. The van der Waals surface area contributed by atoms with Gasteiger partial charge in [-0.25, -0.2) is 0 Å². The van der Waals surface area contributed by atoms with Crippen LogP contribution in [0.4, 0.5) is 0 Å². The van der Waals surface area contributed by atoms with Gasteiger partial charge in [-0.3, -0.25) is 0 Å². The van der Waals surface area contributed by atoms with Crippen LogP contribution in [-0.4, -0.2) is 0 Å². The van der Waals surface area contributed by atoms with Gasteiger partial charge in [-0.1, -0.05) is 13.8 Å². The number of rotatable bonds is 0. The minimum absolute atomic E-state index is 0.811. The fourth-order valence-corrected chi connectivity index (χ4v) is 0.997. The molecule has 0 saturated heterocycles. The van der Waals surface area contributed by atoms with Crippen molar-refractivity contribution in [3.63, 3.8) is 0 Å². The monoisotopic (exact) mass is 108 g/mol. The first kappa shape index (κ1) is 5.65. The van der Waals surface area contributed by atoms with Crippen LogP contribution >= 0.6 is 0 Å². The molecule has 1 fully saturated rings. The minimum atomic E-state index is 0.811. The summed E-state index contributed by atoms with van der Waals surface area (Å²) in [5.74, 6) is 1.62. The molecule has 0 bridgehead atoms. The molecule has 1 aliphatic carbocycles. The van der Waals surface area contributed by atoms with Crippen LogP contribution in [0.1, 0.15) is 20.8 Å². The maximum absolute atomic E-state index is 3.21. The predicted molar refractivity (Wildman–Crippen MR) is 35.6 cm³/mol. The molecule has 1 rings (SSSR count).